The zero-order valence-corrected chi connectivity index (χ0v) is 17.8. The molecular weight excluding hydrogens is 450 g/mol. The average Bonchev–Trinajstić information content (AvgIpc) is 3.09. The number of benzene rings is 1. The Kier molecular flexibility index (Phi) is 6.80. The molecule has 4 rings (SSSR count). The minimum absolute atomic E-state index is 0. The predicted molar refractivity (Wildman–Crippen MR) is 115 cm³/mol. The van der Waals surface area contributed by atoms with Gasteiger partial charge in [0.15, 0.2) is 0 Å². The number of hydrogen-bond acceptors (Lipinski definition) is 4. The Balaban J connectivity index is 0.00000104. The molecule has 128 valence electrons. The van der Waals surface area contributed by atoms with Crippen LogP contribution in [0.15, 0.2) is 47.8 Å². The van der Waals surface area contributed by atoms with Crippen LogP contribution < -0.4 is 4.90 Å². The molecule has 1 saturated heterocycles. The number of rotatable bonds is 2. The van der Waals surface area contributed by atoms with E-state index < -0.39 is 0 Å². The van der Waals surface area contributed by atoms with Gasteiger partial charge in [0.25, 0.3) is 0 Å². The zero-order chi connectivity index (χ0) is 14.9. The SMILES string of the molecule is Br.Br.CN1CCN(c2cc(-c3cccs3)nc3ccccc23)CC1. The normalized spacial score (nSPS) is 15.0. The second-order valence-corrected chi connectivity index (χ2v) is 6.76. The van der Waals surface area contributed by atoms with E-state index in [-0.39, 0.29) is 34.0 Å². The lowest BCUT2D eigenvalue weighted by Gasteiger charge is -2.34. The number of hydrogen-bond donors (Lipinski definition) is 0. The molecule has 1 fully saturated rings. The maximum Gasteiger partial charge on any atom is 0.0830 e. The van der Waals surface area contributed by atoms with Gasteiger partial charge < -0.3 is 9.80 Å². The summed E-state index contributed by atoms with van der Waals surface area (Å²) in [6.07, 6.45) is 0. The summed E-state index contributed by atoms with van der Waals surface area (Å²) in [6.45, 7) is 4.39. The highest BCUT2D eigenvalue weighted by atomic mass is 79.9. The van der Waals surface area contributed by atoms with Crippen LogP contribution in [0.5, 0.6) is 0 Å². The van der Waals surface area contributed by atoms with Gasteiger partial charge in [-0.2, -0.15) is 0 Å². The average molecular weight is 471 g/mol. The number of likely N-dealkylation sites (N-methyl/N-ethyl adjacent to an activating group) is 1. The van der Waals surface area contributed by atoms with Crippen LogP contribution in [0.3, 0.4) is 0 Å². The minimum Gasteiger partial charge on any atom is -0.368 e. The number of fused-ring (bicyclic) bond motifs is 1. The summed E-state index contributed by atoms with van der Waals surface area (Å²) < 4.78 is 0. The van der Waals surface area contributed by atoms with Gasteiger partial charge in [0, 0.05) is 37.3 Å². The summed E-state index contributed by atoms with van der Waals surface area (Å²) in [5, 5.41) is 3.37. The Bertz CT molecular complexity index is 784. The van der Waals surface area contributed by atoms with E-state index in [0.29, 0.717) is 0 Å². The fraction of sp³-hybridized carbons (Fsp3) is 0.278. The molecule has 0 bridgehead atoms. The number of aromatic nitrogens is 1. The third-order valence-corrected chi connectivity index (χ3v) is 5.20. The number of piperazine rings is 1. The van der Waals surface area contributed by atoms with Crippen molar-refractivity contribution >= 4 is 61.9 Å². The summed E-state index contributed by atoms with van der Waals surface area (Å²) in [4.78, 5) is 11.0. The molecule has 6 heteroatoms. The molecule has 0 amide bonds. The highest BCUT2D eigenvalue weighted by Crippen LogP contribution is 2.33. The molecule has 1 aliphatic heterocycles. The smallest absolute Gasteiger partial charge is 0.0830 e. The van der Waals surface area contributed by atoms with Crippen LogP contribution >= 0.6 is 45.3 Å². The highest BCUT2D eigenvalue weighted by molar-refractivity contribution is 8.93. The molecule has 0 radical (unpaired) electrons. The van der Waals surface area contributed by atoms with E-state index in [4.69, 9.17) is 4.98 Å². The summed E-state index contributed by atoms with van der Waals surface area (Å²) in [5.74, 6) is 0. The van der Waals surface area contributed by atoms with Crippen molar-refractivity contribution in [3.05, 3.63) is 47.8 Å². The van der Waals surface area contributed by atoms with Crippen LogP contribution in [0.2, 0.25) is 0 Å². The van der Waals surface area contributed by atoms with Gasteiger partial charge in [-0.15, -0.1) is 45.3 Å². The first-order chi connectivity index (χ1) is 10.8. The third kappa shape index (κ3) is 3.82. The third-order valence-electron chi connectivity index (χ3n) is 4.31. The minimum atomic E-state index is 0. The topological polar surface area (TPSA) is 19.4 Å². The Morgan fingerprint density at radius 2 is 1.71 bits per heavy atom. The quantitative estimate of drug-likeness (QED) is 0.532. The van der Waals surface area contributed by atoms with Crippen LogP contribution in [0.1, 0.15) is 0 Å². The highest BCUT2D eigenvalue weighted by Gasteiger charge is 2.18. The number of nitrogens with zero attached hydrogens (tertiary/aromatic N) is 3. The first-order valence-corrected chi connectivity index (χ1v) is 8.56. The molecule has 3 aromatic rings. The number of anilines is 1. The van der Waals surface area contributed by atoms with Crippen molar-refractivity contribution in [3.8, 4) is 10.6 Å². The van der Waals surface area contributed by atoms with Crippen LogP contribution in [0.4, 0.5) is 5.69 Å². The van der Waals surface area contributed by atoms with Crippen molar-refractivity contribution in [1.29, 1.82) is 0 Å². The van der Waals surface area contributed by atoms with E-state index in [1.165, 1.54) is 16.0 Å². The molecule has 3 nitrogen and oxygen atoms in total. The lowest BCUT2D eigenvalue weighted by Crippen LogP contribution is -2.44. The molecule has 0 aliphatic carbocycles. The zero-order valence-electron chi connectivity index (χ0n) is 13.5. The van der Waals surface area contributed by atoms with Crippen molar-refractivity contribution in [2.75, 3.05) is 38.1 Å². The van der Waals surface area contributed by atoms with Crippen LogP contribution in [-0.4, -0.2) is 43.1 Å². The van der Waals surface area contributed by atoms with Gasteiger partial charge in [0.2, 0.25) is 0 Å². The van der Waals surface area contributed by atoms with Crippen molar-refractivity contribution in [2.45, 2.75) is 0 Å². The van der Waals surface area contributed by atoms with Gasteiger partial charge in [-0.3, -0.25) is 0 Å². The molecular formula is C18H21Br2N3S. The standard InChI is InChI=1S/C18H19N3S.2BrH/c1-20-8-10-21(11-9-20)17-13-16(18-7-4-12-22-18)19-15-6-3-2-5-14(15)17;;/h2-7,12-13H,8-11H2,1H3;2*1H. The predicted octanol–water partition coefficient (Wildman–Crippen LogP) is 4.87. The van der Waals surface area contributed by atoms with Crippen molar-refractivity contribution in [2.24, 2.45) is 0 Å². The maximum absolute atomic E-state index is 4.86. The molecule has 0 spiro atoms. The molecule has 24 heavy (non-hydrogen) atoms. The lowest BCUT2D eigenvalue weighted by atomic mass is 10.1. The Labute approximate surface area is 167 Å². The van der Waals surface area contributed by atoms with E-state index in [1.807, 2.05) is 0 Å². The van der Waals surface area contributed by atoms with Gasteiger partial charge >= 0.3 is 0 Å². The Hall–Kier alpha value is -0.950. The molecule has 2 aromatic heterocycles. The van der Waals surface area contributed by atoms with Gasteiger partial charge in [0.05, 0.1) is 16.1 Å². The lowest BCUT2D eigenvalue weighted by molar-refractivity contribution is 0.313. The largest absolute Gasteiger partial charge is 0.368 e. The van der Waals surface area contributed by atoms with E-state index in [1.54, 1.807) is 11.3 Å². The van der Waals surface area contributed by atoms with Gasteiger partial charge in [-0.25, -0.2) is 4.98 Å². The van der Waals surface area contributed by atoms with E-state index in [0.717, 1.165) is 37.4 Å². The Morgan fingerprint density at radius 3 is 2.42 bits per heavy atom. The molecule has 0 N–H and O–H groups in total. The molecule has 0 unspecified atom stereocenters. The second-order valence-electron chi connectivity index (χ2n) is 5.81. The number of thiophene rings is 1. The van der Waals surface area contributed by atoms with Crippen LogP contribution in [0, 0.1) is 0 Å². The van der Waals surface area contributed by atoms with E-state index >= 15 is 0 Å². The Morgan fingerprint density at radius 1 is 0.958 bits per heavy atom. The van der Waals surface area contributed by atoms with Gasteiger partial charge in [-0.05, 0) is 30.6 Å². The van der Waals surface area contributed by atoms with Gasteiger partial charge in [-0.1, -0.05) is 24.3 Å². The van der Waals surface area contributed by atoms with Crippen LogP contribution in [-0.2, 0) is 0 Å². The van der Waals surface area contributed by atoms with Crippen molar-refractivity contribution in [1.82, 2.24) is 9.88 Å². The number of pyridine rings is 1. The number of halogens is 2. The molecule has 0 atom stereocenters. The van der Waals surface area contributed by atoms with E-state index in [9.17, 15) is 0 Å². The number of para-hydroxylation sites is 1. The van der Waals surface area contributed by atoms with Crippen LogP contribution in [0.25, 0.3) is 21.5 Å². The summed E-state index contributed by atoms with van der Waals surface area (Å²) in [6, 6.07) is 15.0. The summed E-state index contributed by atoms with van der Waals surface area (Å²) in [7, 11) is 2.19. The second kappa shape index (κ2) is 8.43. The summed E-state index contributed by atoms with van der Waals surface area (Å²) >= 11 is 1.75. The maximum atomic E-state index is 4.86. The molecule has 0 saturated carbocycles. The molecule has 3 heterocycles. The fourth-order valence-corrected chi connectivity index (χ4v) is 3.70. The summed E-state index contributed by atoms with van der Waals surface area (Å²) in [5.41, 5.74) is 3.49. The molecule has 1 aliphatic rings. The van der Waals surface area contributed by atoms with Crippen molar-refractivity contribution in [3.63, 3.8) is 0 Å². The van der Waals surface area contributed by atoms with Crippen molar-refractivity contribution < 1.29 is 0 Å². The molecule has 1 aromatic carbocycles. The van der Waals surface area contributed by atoms with E-state index in [2.05, 4.69) is 64.7 Å². The fourth-order valence-electron chi connectivity index (χ4n) is 3.02. The van der Waals surface area contributed by atoms with Gasteiger partial charge in [0.1, 0.15) is 0 Å². The monoisotopic (exact) mass is 469 g/mol. The first kappa shape index (κ1) is 19.4. The first-order valence-electron chi connectivity index (χ1n) is 7.68.